The Kier molecular flexibility index (Phi) is 1.76. The first-order chi connectivity index (χ1) is 4.79. The SMILES string of the molecule is O=C(O)C#Cc1ccco1. The summed E-state index contributed by atoms with van der Waals surface area (Å²) in [7, 11) is 0. The molecule has 0 aliphatic heterocycles. The standard InChI is InChI=1S/C7H4O3/c8-7(9)4-3-6-2-1-5-10-6/h1-2,5H,(H,8,9). The third-order valence-electron chi connectivity index (χ3n) is 0.814. The van der Waals surface area contributed by atoms with E-state index in [0.29, 0.717) is 5.76 Å². The van der Waals surface area contributed by atoms with Gasteiger partial charge in [-0.3, -0.25) is 0 Å². The molecule has 1 N–H and O–H groups in total. The van der Waals surface area contributed by atoms with Crippen molar-refractivity contribution >= 4 is 5.97 Å². The fourth-order valence-electron chi connectivity index (χ4n) is 0.465. The highest BCUT2D eigenvalue weighted by Gasteiger charge is 1.87. The van der Waals surface area contributed by atoms with E-state index >= 15 is 0 Å². The third-order valence-corrected chi connectivity index (χ3v) is 0.814. The number of hydrogen-bond acceptors (Lipinski definition) is 2. The molecule has 0 fully saturated rings. The molecule has 0 saturated carbocycles. The van der Waals surface area contributed by atoms with Crippen molar-refractivity contribution in [2.24, 2.45) is 0 Å². The Morgan fingerprint density at radius 1 is 1.70 bits per heavy atom. The highest BCUT2D eigenvalue weighted by molar-refractivity contribution is 5.86. The van der Waals surface area contributed by atoms with Gasteiger partial charge in [-0.05, 0) is 18.1 Å². The van der Waals surface area contributed by atoms with E-state index in [1.807, 2.05) is 5.92 Å². The van der Waals surface area contributed by atoms with Crippen LogP contribution in [0.25, 0.3) is 0 Å². The van der Waals surface area contributed by atoms with Gasteiger partial charge in [0, 0.05) is 5.92 Å². The zero-order chi connectivity index (χ0) is 7.40. The van der Waals surface area contributed by atoms with Gasteiger partial charge >= 0.3 is 5.97 Å². The Morgan fingerprint density at radius 3 is 3.00 bits per heavy atom. The normalized spacial score (nSPS) is 8.00. The van der Waals surface area contributed by atoms with E-state index in [1.54, 1.807) is 12.1 Å². The summed E-state index contributed by atoms with van der Waals surface area (Å²) >= 11 is 0. The molecule has 0 saturated heterocycles. The quantitative estimate of drug-likeness (QED) is 0.534. The van der Waals surface area contributed by atoms with E-state index in [1.165, 1.54) is 6.26 Å². The van der Waals surface area contributed by atoms with Gasteiger partial charge in [-0.15, -0.1) is 0 Å². The lowest BCUT2D eigenvalue weighted by molar-refractivity contribution is -0.130. The van der Waals surface area contributed by atoms with Crippen LogP contribution in [0.5, 0.6) is 0 Å². The monoisotopic (exact) mass is 136 g/mol. The average Bonchev–Trinajstić information content (AvgIpc) is 2.34. The topological polar surface area (TPSA) is 50.4 Å². The van der Waals surface area contributed by atoms with Crippen LogP contribution >= 0.6 is 0 Å². The van der Waals surface area contributed by atoms with Crippen molar-refractivity contribution in [3.05, 3.63) is 24.2 Å². The number of carbonyl (C=O) groups is 1. The van der Waals surface area contributed by atoms with Crippen molar-refractivity contribution in [1.29, 1.82) is 0 Å². The Bertz CT molecular complexity index is 274. The first-order valence-electron chi connectivity index (χ1n) is 2.57. The Labute approximate surface area is 57.3 Å². The highest BCUT2D eigenvalue weighted by Crippen LogP contribution is 1.95. The van der Waals surface area contributed by atoms with Gasteiger partial charge in [0.2, 0.25) is 0 Å². The minimum Gasteiger partial charge on any atom is -0.472 e. The molecule has 0 aromatic carbocycles. The molecule has 0 bridgehead atoms. The van der Waals surface area contributed by atoms with Crippen LogP contribution in [-0.2, 0) is 4.79 Å². The maximum Gasteiger partial charge on any atom is 0.382 e. The molecular weight excluding hydrogens is 132 g/mol. The first kappa shape index (κ1) is 6.43. The van der Waals surface area contributed by atoms with Crippen molar-refractivity contribution in [2.75, 3.05) is 0 Å². The van der Waals surface area contributed by atoms with Gasteiger partial charge in [0.25, 0.3) is 0 Å². The van der Waals surface area contributed by atoms with E-state index in [2.05, 4.69) is 5.92 Å². The summed E-state index contributed by atoms with van der Waals surface area (Å²) in [5.74, 6) is 3.44. The molecule has 0 spiro atoms. The van der Waals surface area contributed by atoms with Crippen molar-refractivity contribution in [2.45, 2.75) is 0 Å². The molecule has 1 heterocycles. The van der Waals surface area contributed by atoms with Crippen LogP contribution in [0.4, 0.5) is 0 Å². The van der Waals surface area contributed by atoms with Crippen LogP contribution in [-0.4, -0.2) is 11.1 Å². The van der Waals surface area contributed by atoms with Crippen molar-refractivity contribution in [1.82, 2.24) is 0 Å². The lowest BCUT2D eigenvalue weighted by atomic mass is 10.4. The minimum absolute atomic E-state index is 0.363. The lowest BCUT2D eigenvalue weighted by Crippen LogP contribution is -1.86. The summed E-state index contributed by atoms with van der Waals surface area (Å²) < 4.78 is 4.75. The van der Waals surface area contributed by atoms with Crippen LogP contribution in [0.15, 0.2) is 22.8 Å². The molecule has 0 aliphatic carbocycles. The molecule has 3 heteroatoms. The van der Waals surface area contributed by atoms with Crippen LogP contribution in [0.3, 0.4) is 0 Å². The van der Waals surface area contributed by atoms with Crippen molar-refractivity contribution in [3.63, 3.8) is 0 Å². The molecule has 0 aliphatic rings. The molecule has 3 nitrogen and oxygen atoms in total. The fraction of sp³-hybridized carbons (Fsp3) is 0. The van der Waals surface area contributed by atoms with E-state index < -0.39 is 5.97 Å². The van der Waals surface area contributed by atoms with E-state index in [4.69, 9.17) is 9.52 Å². The van der Waals surface area contributed by atoms with Crippen LogP contribution in [0.2, 0.25) is 0 Å². The van der Waals surface area contributed by atoms with Gasteiger partial charge in [0.1, 0.15) is 0 Å². The Balaban J connectivity index is 2.75. The zero-order valence-corrected chi connectivity index (χ0v) is 5.00. The molecule has 1 aromatic heterocycles. The van der Waals surface area contributed by atoms with E-state index in [-0.39, 0.29) is 0 Å². The number of rotatable bonds is 0. The van der Waals surface area contributed by atoms with Gasteiger partial charge < -0.3 is 9.52 Å². The summed E-state index contributed by atoms with van der Waals surface area (Å²) in [6, 6.07) is 3.24. The predicted molar refractivity (Wildman–Crippen MR) is 33.2 cm³/mol. The van der Waals surface area contributed by atoms with Crippen molar-refractivity contribution in [3.8, 4) is 11.8 Å². The predicted octanol–water partition coefficient (Wildman–Crippen LogP) is 0.716. The number of furan rings is 1. The Hall–Kier alpha value is -1.69. The van der Waals surface area contributed by atoms with E-state index in [9.17, 15) is 4.79 Å². The van der Waals surface area contributed by atoms with Crippen LogP contribution < -0.4 is 0 Å². The molecular formula is C7H4O3. The fourth-order valence-corrected chi connectivity index (χ4v) is 0.465. The van der Waals surface area contributed by atoms with Crippen molar-refractivity contribution < 1.29 is 14.3 Å². The summed E-state index contributed by atoms with van der Waals surface area (Å²) in [5, 5.41) is 8.10. The summed E-state index contributed by atoms with van der Waals surface area (Å²) in [4.78, 5) is 9.88. The number of hydrogen-bond donors (Lipinski definition) is 1. The third kappa shape index (κ3) is 1.67. The number of aliphatic carboxylic acids is 1. The Morgan fingerprint density at radius 2 is 2.50 bits per heavy atom. The van der Waals surface area contributed by atoms with Gasteiger partial charge in [-0.25, -0.2) is 4.79 Å². The molecule has 0 atom stereocenters. The second kappa shape index (κ2) is 2.74. The van der Waals surface area contributed by atoms with Crippen LogP contribution in [0.1, 0.15) is 5.76 Å². The number of carboxylic acid groups (broad SMARTS) is 1. The summed E-state index contributed by atoms with van der Waals surface area (Å²) in [6.45, 7) is 0. The number of carboxylic acids is 1. The van der Waals surface area contributed by atoms with Gasteiger partial charge in [-0.1, -0.05) is 0 Å². The average molecular weight is 136 g/mol. The molecule has 1 rings (SSSR count). The maximum atomic E-state index is 9.88. The van der Waals surface area contributed by atoms with Gasteiger partial charge in [0.15, 0.2) is 5.76 Å². The highest BCUT2D eigenvalue weighted by atomic mass is 16.4. The lowest BCUT2D eigenvalue weighted by Gasteiger charge is -1.73. The molecule has 0 amide bonds. The zero-order valence-electron chi connectivity index (χ0n) is 5.00. The molecule has 0 unspecified atom stereocenters. The smallest absolute Gasteiger partial charge is 0.382 e. The molecule has 50 valence electrons. The largest absolute Gasteiger partial charge is 0.472 e. The minimum atomic E-state index is -1.16. The van der Waals surface area contributed by atoms with Gasteiger partial charge in [-0.2, -0.15) is 0 Å². The summed E-state index contributed by atoms with van der Waals surface area (Å²) in [6.07, 6.45) is 1.44. The first-order valence-corrected chi connectivity index (χ1v) is 2.57. The van der Waals surface area contributed by atoms with Crippen LogP contribution in [0, 0.1) is 11.8 Å². The molecule has 10 heavy (non-hydrogen) atoms. The maximum absolute atomic E-state index is 9.88. The van der Waals surface area contributed by atoms with Gasteiger partial charge in [0.05, 0.1) is 6.26 Å². The second-order valence-corrected chi connectivity index (χ2v) is 1.53. The molecule has 1 aromatic rings. The molecule has 0 radical (unpaired) electrons. The second-order valence-electron chi connectivity index (χ2n) is 1.53. The van der Waals surface area contributed by atoms with E-state index in [0.717, 1.165) is 0 Å². The summed E-state index contributed by atoms with van der Waals surface area (Å²) in [5.41, 5.74) is 0.